The van der Waals surface area contributed by atoms with Crippen molar-refractivity contribution in [3.05, 3.63) is 76.3 Å². The number of nitrogens with one attached hydrogen (secondary N) is 1. The molecule has 196 valence electrons. The number of nitrogens with zero attached hydrogens (tertiary/aromatic N) is 2. The maximum absolute atomic E-state index is 13.9. The number of carbonyl (C=O) groups is 2. The molecule has 0 spiro atoms. The van der Waals surface area contributed by atoms with Gasteiger partial charge in [0.2, 0.25) is 0 Å². The van der Waals surface area contributed by atoms with Crippen LogP contribution in [-0.2, 0) is 14.3 Å². The molecule has 2 aromatic carbocycles. The Morgan fingerprint density at radius 2 is 1.62 bits per heavy atom. The highest BCUT2D eigenvalue weighted by atomic mass is 16.6. The van der Waals surface area contributed by atoms with Gasteiger partial charge in [0.25, 0.3) is 5.56 Å². The number of fused-ring (bicyclic) bond motifs is 1. The second-order valence-electron chi connectivity index (χ2n) is 10.7. The van der Waals surface area contributed by atoms with Crippen molar-refractivity contribution >= 4 is 29.0 Å². The Hall–Kier alpha value is -3.94. The Morgan fingerprint density at radius 3 is 2.24 bits per heavy atom. The van der Waals surface area contributed by atoms with Crippen LogP contribution in [0.5, 0.6) is 0 Å². The summed E-state index contributed by atoms with van der Waals surface area (Å²) >= 11 is 0. The topological polar surface area (TPSA) is 99.5 Å². The molecule has 0 aliphatic heterocycles. The number of carbonyl (C=O) groups excluding carboxylic acids is 2. The van der Waals surface area contributed by atoms with Gasteiger partial charge in [0.1, 0.15) is 17.0 Å². The molecular weight excluding hydrogens is 470 g/mol. The maximum Gasteiger partial charge on any atom is 0.408 e. The Kier molecular flexibility index (Phi) is 8.21. The lowest BCUT2D eigenvalue weighted by Gasteiger charge is -2.23. The Morgan fingerprint density at radius 1 is 0.973 bits per heavy atom. The van der Waals surface area contributed by atoms with Gasteiger partial charge in [-0.05, 0) is 72.2 Å². The first-order valence-corrected chi connectivity index (χ1v) is 12.2. The summed E-state index contributed by atoms with van der Waals surface area (Å²) in [5.41, 5.74) is 0.189. The molecule has 3 rings (SSSR count). The van der Waals surface area contributed by atoms with Crippen molar-refractivity contribution in [1.82, 2.24) is 14.9 Å². The van der Waals surface area contributed by atoms with E-state index in [0.29, 0.717) is 28.0 Å². The first kappa shape index (κ1) is 27.6. The molecule has 1 aromatic heterocycles. The van der Waals surface area contributed by atoms with E-state index in [1.807, 2.05) is 39.0 Å². The van der Waals surface area contributed by atoms with Crippen molar-refractivity contribution in [3.8, 4) is 5.69 Å². The van der Waals surface area contributed by atoms with Gasteiger partial charge in [0.05, 0.1) is 29.1 Å². The van der Waals surface area contributed by atoms with Gasteiger partial charge in [-0.15, -0.1) is 0 Å². The molecule has 8 heteroatoms. The van der Waals surface area contributed by atoms with Crippen molar-refractivity contribution in [2.75, 3.05) is 0 Å². The number of ether oxygens (including phenoxy) is 2. The van der Waals surface area contributed by atoms with Crippen LogP contribution in [0.4, 0.5) is 4.79 Å². The Balaban J connectivity index is 2.07. The monoisotopic (exact) mass is 505 g/mol. The fraction of sp³-hybridized carbons (Fsp3) is 0.379. The summed E-state index contributed by atoms with van der Waals surface area (Å²) in [6, 6.07) is 13.8. The van der Waals surface area contributed by atoms with E-state index in [2.05, 4.69) is 5.32 Å². The largest absolute Gasteiger partial charge is 0.460 e. The number of esters is 1. The third-order valence-corrected chi connectivity index (χ3v) is 5.09. The minimum atomic E-state index is -0.666. The number of rotatable bonds is 6. The molecule has 0 fully saturated rings. The van der Waals surface area contributed by atoms with E-state index in [-0.39, 0.29) is 17.9 Å². The highest BCUT2D eigenvalue weighted by molar-refractivity contribution is 5.88. The third kappa shape index (κ3) is 7.52. The van der Waals surface area contributed by atoms with E-state index in [0.717, 1.165) is 0 Å². The molecule has 0 aliphatic rings. The van der Waals surface area contributed by atoms with E-state index >= 15 is 0 Å². The molecule has 3 aromatic rings. The third-order valence-electron chi connectivity index (χ3n) is 5.09. The van der Waals surface area contributed by atoms with E-state index in [4.69, 9.17) is 14.5 Å². The molecule has 0 aliphatic carbocycles. The summed E-state index contributed by atoms with van der Waals surface area (Å²) in [6.45, 7) is 12.5. The van der Waals surface area contributed by atoms with Crippen LogP contribution in [0.15, 0.2) is 59.4 Å². The molecule has 0 bridgehead atoms. The van der Waals surface area contributed by atoms with Gasteiger partial charge in [-0.25, -0.2) is 9.78 Å². The second kappa shape index (κ2) is 11.0. The van der Waals surface area contributed by atoms with Crippen molar-refractivity contribution in [2.24, 2.45) is 0 Å². The number of hydrogen-bond donors (Lipinski definition) is 1. The van der Waals surface area contributed by atoms with Crippen LogP contribution in [0.25, 0.3) is 22.7 Å². The number of amides is 1. The molecule has 1 atom stereocenters. The van der Waals surface area contributed by atoms with Crippen LogP contribution >= 0.6 is 0 Å². The zero-order valence-corrected chi connectivity index (χ0v) is 22.5. The van der Waals surface area contributed by atoms with Gasteiger partial charge < -0.3 is 14.8 Å². The predicted molar refractivity (Wildman–Crippen MR) is 145 cm³/mol. The minimum Gasteiger partial charge on any atom is -0.460 e. The summed E-state index contributed by atoms with van der Waals surface area (Å²) in [6.07, 6.45) is 2.87. The number of benzene rings is 2. The van der Waals surface area contributed by atoms with Gasteiger partial charge >= 0.3 is 12.1 Å². The highest BCUT2D eigenvalue weighted by Gasteiger charge is 2.23. The van der Waals surface area contributed by atoms with Crippen molar-refractivity contribution in [1.29, 1.82) is 0 Å². The van der Waals surface area contributed by atoms with Crippen molar-refractivity contribution < 1.29 is 19.1 Å². The molecule has 1 heterocycles. The van der Waals surface area contributed by atoms with Crippen LogP contribution in [-0.4, -0.2) is 32.8 Å². The Labute approximate surface area is 217 Å². The molecule has 0 radical (unpaired) electrons. The minimum absolute atomic E-state index is 0.0723. The first-order valence-electron chi connectivity index (χ1n) is 12.2. The van der Waals surface area contributed by atoms with Crippen molar-refractivity contribution in [2.45, 2.75) is 72.1 Å². The number of para-hydroxylation sites is 1. The molecule has 0 saturated heterocycles. The average Bonchev–Trinajstić information content (AvgIpc) is 2.77. The lowest BCUT2D eigenvalue weighted by atomic mass is 10.1. The smallest absolute Gasteiger partial charge is 0.408 e. The van der Waals surface area contributed by atoms with Crippen LogP contribution in [0.3, 0.4) is 0 Å². The molecule has 1 N–H and O–H groups in total. The summed E-state index contributed by atoms with van der Waals surface area (Å²) in [7, 11) is 0. The molecule has 1 amide bonds. The van der Waals surface area contributed by atoms with Gasteiger partial charge in [0, 0.05) is 0 Å². The molecule has 1 unspecified atom stereocenters. The highest BCUT2D eigenvalue weighted by Crippen LogP contribution is 2.22. The molecule has 37 heavy (non-hydrogen) atoms. The van der Waals surface area contributed by atoms with Crippen molar-refractivity contribution in [3.63, 3.8) is 0 Å². The van der Waals surface area contributed by atoms with Gasteiger partial charge in [0.15, 0.2) is 0 Å². The van der Waals surface area contributed by atoms with Crippen LogP contribution in [0, 0.1) is 0 Å². The van der Waals surface area contributed by atoms with E-state index in [1.165, 1.54) is 4.57 Å². The zero-order chi connectivity index (χ0) is 27.4. The lowest BCUT2D eigenvalue weighted by molar-refractivity contribution is -0.153. The maximum atomic E-state index is 13.9. The molecule has 0 saturated carbocycles. The van der Waals surface area contributed by atoms with Gasteiger partial charge in [-0.3, -0.25) is 14.2 Å². The average molecular weight is 506 g/mol. The summed E-state index contributed by atoms with van der Waals surface area (Å²) in [5.74, 6) is 0.0116. The van der Waals surface area contributed by atoms with E-state index in [1.54, 1.807) is 70.2 Å². The predicted octanol–water partition coefficient (Wildman–Crippen LogP) is 5.72. The SMILES string of the molecule is CC(NC(=O)OC(C)(C)C)c1nc2cccc(C=CCC(=O)OC(C)(C)C)c2c(=O)n1-c1ccccc1. The number of hydrogen-bond acceptors (Lipinski definition) is 6. The zero-order valence-electron chi connectivity index (χ0n) is 22.5. The number of aromatic nitrogens is 2. The summed E-state index contributed by atoms with van der Waals surface area (Å²) in [5, 5.41) is 3.19. The number of alkyl carbamates (subject to hydrolysis) is 1. The molecular formula is C29H35N3O5. The molecule has 8 nitrogen and oxygen atoms in total. The summed E-state index contributed by atoms with van der Waals surface area (Å²) in [4.78, 5) is 43.3. The fourth-order valence-electron chi connectivity index (χ4n) is 3.74. The normalized spacial score (nSPS) is 12.9. The van der Waals surface area contributed by atoms with Gasteiger partial charge in [-0.1, -0.05) is 42.5 Å². The second-order valence-corrected chi connectivity index (χ2v) is 10.7. The standard InChI is InChI=1S/C29H35N3O5/c1-19(30-27(35)37-29(5,6)7)25-31-22-17-11-13-20(14-12-18-23(33)36-28(2,3)4)24(22)26(34)32(25)21-15-9-8-10-16-21/h8-17,19H,18H2,1-7H3,(H,30,35). The van der Waals surface area contributed by atoms with E-state index in [9.17, 15) is 14.4 Å². The Bertz CT molecular complexity index is 1360. The first-order chi connectivity index (χ1) is 17.2. The quantitative estimate of drug-likeness (QED) is 0.431. The van der Waals surface area contributed by atoms with Crippen LogP contribution in [0.1, 0.15) is 72.3 Å². The fourth-order valence-corrected chi connectivity index (χ4v) is 3.74. The summed E-state index contributed by atoms with van der Waals surface area (Å²) < 4.78 is 12.2. The van der Waals surface area contributed by atoms with E-state index < -0.39 is 23.3 Å². The van der Waals surface area contributed by atoms with Crippen LogP contribution in [0.2, 0.25) is 0 Å². The lowest BCUT2D eigenvalue weighted by Crippen LogP contribution is -2.37. The van der Waals surface area contributed by atoms with Crippen LogP contribution < -0.4 is 10.9 Å². The van der Waals surface area contributed by atoms with Gasteiger partial charge in [-0.2, -0.15) is 0 Å².